The lowest BCUT2D eigenvalue weighted by Gasteiger charge is -2.30. The molecule has 1 saturated heterocycles. The van der Waals surface area contributed by atoms with Gasteiger partial charge in [-0.25, -0.2) is 0 Å². The van der Waals surface area contributed by atoms with Gasteiger partial charge in [0.15, 0.2) is 0 Å². The minimum atomic E-state index is -0.254. The number of likely N-dealkylation sites (N-methyl/N-ethyl adjacent to an activating group) is 1. The van der Waals surface area contributed by atoms with Crippen LogP contribution in [0, 0.1) is 10.8 Å². The monoisotopic (exact) mass is 256 g/mol. The molecule has 5 nitrogen and oxygen atoms in total. The molecule has 0 saturated carbocycles. The molecule has 0 amide bonds. The fourth-order valence-electron chi connectivity index (χ4n) is 2.40. The third-order valence-corrected chi connectivity index (χ3v) is 3.83. The summed E-state index contributed by atoms with van der Waals surface area (Å²) in [5.41, 5.74) is 5.35. The van der Waals surface area contributed by atoms with Crippen molar-refractivity contribution in [3.05, 3.63) is 0 Å². The van der Waals surface area contributed by atoms with E-state index in [0.29, 0.717) is 6.04 Å². The lowest BCUT2D eigenvalue weighted by Crippen LogP contribution is -2.41. The van der Waals surface area contributed by atoms with Crippen molar-refractivity contribution in [1.82, 2.24) is 9.80 Å². The minimum Gasteiger partial charge on any atom is -0.392 e. The first-order chi connectivity index (χ1) is 8.22. The number of nitrogens with one attached hydrogen (secondary N) is 1. The van der Waals surface area contributed by atoms with Crippen molar-refractivity contribution in [3.63, 3.8) is 0 Å². The molecule has 4 N–H and O–H groups in total. The number of hydrogen-bond acceptors (Lipinski definition) is 4. The molecule has 2 atom stereocenters. The molecule has 106 valence electrons. The summed E-state index contributed by atoms with van der Waals surface area (Å²) in [7, 11) is 4.12. The molecule has 0 aliphatic carbocycles. The van der Waals surface area contributed by atoms with Gasteiger partial charge < -0.3 is 15.7 Å². The number of aliphatic hydroxyl groups is 1. The van der Waals surface area contributed by atoms with Crippen molar-refractivity contribution in [2.24, 2.45) is 11.1 Å². The Kier molecular flexibility index (Phi) is 5.13. The standard InChI is InChI=1S/C13H28N4O/c1-13(2,12(14)15)5-6-17-9-11(18)7-10(17)8-16(3)4/h10-11,18H,5-9H2,1-4H3,(H3,14,15). The molecule has 0 radical (unpaired) electrons. The van der Waals surface area contributed by atoms with Crippen LogP contribution in [0.15, 0.2) is 0 Å². The number of aliphatic hydroxyl groups excluding tert-OH is 1. The van der Waals surface area contributed by atoms with E-state index in [-0.39, 0.29) is 17.4 Å². The van der Waals surface area contributed by atoms with Crippen LogP contribution < -0.4 is 5.73 Å². The first-order valence-corrected chi connectivity index (χ1v) is 6.63. The fourth-order valence-corrected chi connectivity index (χ4v) is 2.40. The molecular weight excluding hydrogens is 228 g/mol. The van der Waals surface area contributed by atoms with Gasteiger partial charge in [-0.05, 0) is 33.5 Å². The maximum atomic E-state index is 9.79. The van der Waals surface area contributed by atoms with Gasteiger partial charge >= 0.3 is 0 Å². The number of rotatable bonds is 6. The van der Waals surface area contributed by atoms with Gasteiger partial charge in [-0.1, -0.05) is 13.8 Å². The molecular formula is C13H28N4O. The van der Waals surface area contributed by atoms with Crippen LogP contribution in [0.3, 0.4) is 0 Å². The second kappa shape index (κ2) is 5.99. The van der Waals surface area contributed by atoms with E-state index in [0.717, 1.165) is 32.5 Å². The predicted molar refractivity (Wildman–Crippen MR) is 74.9 cm³/mol. The molecule has 1 heterocycles. The average molecular weight is 256 g/mol. The molecule has 0 aromatic carbocycles. The lowest BCUT2D eigenvalue weighted by atomic mass is 9.88. The first-order valence-electron chi connectivity index (χ1n) is 6.63. The SMILES string of the molecule is CN(C)CC1CC(O)CN1CCC(C)(C)C(=N)N. The predicted octanol–water partition coefficient (Wildman–Crippen LogP) is 0.335. The van der Waals surface area contributed by atoms with Crippen molar-refractivity contribution in [3.8, 4) is 0 Å². The summed E-state index contributed by atoms with van der Waals surface area (Å²) in [6.07, 6.45) is 1.49. The zero-order valence-corrected chi connectivity index (χ0v) is 12.1. The summed E-state index contributed by atoms with van der Waals surface area (Å²) in [5, 5.41) is 17.4. The Labute approximate surface area is 110 Å². The molecule has 18 heavy (non-hydrogen) atoms. The van der Waals surface area contributed by atoms with Crippen LogP contribution in [0.25, 0.3) is 0 Å². The van der Waals surface area contributed by atoms with Gasteiger partial charge in [0.2, 0.25) is 0 Å². The molecule has 2 unspecified atom stereocenters. The van der Waals surface area contributed by atoms with Gasteiger partial charge in [-0.2, -0.15) is 0 Å². The third-order valence-electron chi connectivity index (χ3n) is 3.83. The molecule has 1 aliphatic rings. The van der Waals surface area contributed by atoms with Crippen molar-refractivity contribution in [1.29, 1.82) is 5.41 Å². The number of nitrogens with two attached hydrogens (primary N) is 1. The van der Waals surface area contributed by atoms with E-state index < -0.39 is 0 Å². The second-order valence-electron chi connectivity index (χ2n) is 6.35. The highest BCUT2D eigenvalue weighted by Crippen LogP contribution is 2.24. The molecule has 1 aliphatic heterocycles. The quantitative estimate of drug-likeness (QED) is 0.473. The molecule has 0 bridgehead atoms. The van der Waals surface area contributed by atoms with Crippen LogP contribution in [0.2, 0.25) is 0 Å². The molecule has 1 rings (SSSR count). The topological polar surface area (TPSA) is 76.6 Å². The van der Waals surface area contributed by atoms with Crippen molar-refractivity contribution >= 4 is 5.84 Å². The van der Waals surface area contributed by atoms with E-state index >= 15 is 0 Å². The zero-order chi connectivity index (χ0) is 13.9. The number of hydrogen-bond donors (Lipinski definition) is 3. The highest BCUT2D eigenvalue weighted by molar-refractivity contribution is 5.82. The van der Waals surface area contributed by atoms with E-state index in [4.69, 9.17) is 11.1 Å². The van der Waals surface area contributed by atoms with Crippen LogP contribution in [0.1, 0.15) is 26.7 Å². The Morgan fingerprint density at radius 1 is 1.50 bits per heavy atom. The number of likely N-dealkylation sites (tertiary alicyclic amines) is 1. The van der Waals surface area contributed by atoms with E-state index in [2.05, 4.69) is 23.9 Å². The van der Waals surface area contributed by atoms with Gasteiger partial charge in [-0.15, -0.1) is 0 Å². The Hall–Kier alpha value is -0.650. The number of β-amino-alcohol motifs (C(OH)–C–C–N with tert-alkyl or cyclic N) is 1. The first kappa shape index (κ1) is 15.4. The largest absolute Gasteiger partial charge is 0.392 e. The van der Waals surface area contributed by atoms with Gasteiger partial charge in [-0.3, -0.25) is 10.3 Å². The van der Waals surface area contributed by atoms with Crippen LogP contribution >= 0.6 is 0 Å². The number of amidine groups is 1. The highest BCUT2D eigenvalue weighted by atomic mass is 16.3. The van der Waals surface area contributed by atoms with Crippen molar-refractivity contribution in [2.45, 2.75) is 38.8 Å². The zero-order valence-electron chi connectivity index (χ0n) is 12.1. The molecule has 0 aromatic heterocycles. The molecule has 0 aromatic rings. The Morgan fingerprint density at radius 3 is 2.61 bits per heavy atom. The van der Waals surface area contributed by atoms with Crippen LogP contribution in [0.4, 0.5) is 0 Å². The van der Waals surface area contributed by atoms with E-state index in [9.17, 15) is 5.11 Å². The summed E-state index contributed by atoms with van der Waals surface area (Å²) in [6, 6.07) is 0.415. The Morgan fingerprint density at radius 2 is 2.11 bits per heavy atom. The van der Waals surface area contributed by atoms with Crippen LogP contribution in [-0.2, 0) is 0 Å². The van der Waals surface area contributed by atoms with E-state index in [1.807, 2.05) is 13.8 Å². The van der Waals surface area contributed by atoms with Gasteiger partial charge in [0, 0.05) is 24.5 Å². The van der Waals surface area contributed by atoms with Crippen LogP contribution in [0.5, 0.6) is 0 Å². The van der Waals surface area contributed by atoms with E-state index in [1.54, 1.807) is 0 Å². The van der Waals surface area contributed by atoms with Crippen molar-refractivity contribution < 1.29 is 5.11 Å². The summed E-state index contributed by atoms with van der Waals surface area (Å²) in [5.74, 6) is 0.242. The second-order valence-corrected chi connectivity index (χ2v) is 6.35. The highest BCUT2D eigenvalue weighted by Gasteiger charge is 2.32. The fraction of sp³-hybridized carbons (Fsp3) is 0.923. The third kappa shape index (κ3) is 4.23. The smallest absolute Gasteiger partial charge is 0.0963 e. The molecule has 0 spiro atoms. The molecule has 1 fully saturated rings. The maximum Gasteiger partial charge on any atom is 0.0963 e. The summed E-state index contributed by atoms with van der Waals surface area (Å²) < 4.78 is 0. The normalized spacial score (nSPS) is 25.9. The lowest BCUT2D eigenvalue weighted by molar-refractivity contribution is 0.166. The number of nitrogens with zero attached hydrogens (tertiary/aromatic N) is 2. The Balaban J connectivity index is 2.51. The Bertz CT molecular complexity index is 291. The van der Waals surface area contributed by atoms with Gasteiger partial charge in [0.1, 0.15) is 0 Å². The summed E-state index contributed by atoms with van der Waals surface area (Å²) in [6.45, 7) is 6.61. The maximum absolute atomic E-state index is 9.79. The summed E-state index contributed by atoms with van der Waals surface area (Å²) in [4.78, 5) is 4.49. The van der Waals surface area contributed by atoms with E-state index in [1.165, 1.54) is 0 Å². The van der Waals surface area contributed by atoms with Gasteiger partial charge in [0.25, 0.3) is 0 Å². The van der Waals surface area contributed by atoms with Crippen LogP contribution in [-0.4, -0.2) is 66.6 Å². The van der Waals surface area contributed by atoms with Gasteiger partial charge in [0.05, 0.1) is 11.9 Å². The van der Waals surface area contributed by atoms with Crippen molar-refractivity contribution in [2.75, 3.05) is 33.7 Å². The molecule has 5 heteroatoms. The summed E-state index contributed by atoms with van der Waals surface area (Å²) >= 11 is 0. The average Bonchev–Trinajstić information content (AvgIpc) is 2.55. The minimum absolute atomic E-state index is 0.213.